The maximum Gasteiger partial charge on any atom is 0.138 e. The number of hydrogen-bond donors (Lipinski definition) is 2. The lowest BCUT2D eigenvalue weighted by Gasteiger charge is -2.02. The number of fused-ring (bicyclic) bond motifs is 2. The molecule has 0 spiro atoms. The van der Waals surface area contributed by atoms with E-state index in [2.05, 4.69) is 38.5 Å². The fourth-order valence-electron chi connectivity index (χ4n) is 2.43. The third-order valence-electron chi connectivity index (χ3n) is 3.38. The third-order valence-corrected chi connectivity index (χ3v) is 3.38. The second-order valence-corrected chi connectivity index (χ2v) is 4.53. The van der Waals surface area contributed by atoms with Crippen molar-refractivity contribution < 1.29 is 0 Å². The quantitative estimate of drug-likeness (QED) is 0.682. The zero-order valence-electron chi connectivity index (χ0n) is 9.77. The number of aromatic nitrogens is 3. The first-order valence-electron chi connectivity index (χ1n) is 6.07. The number of anilines is 1. The van der Waals surface area contributed by atoms with E-state index < -0.39 is 0 Å². The van der Waals surface area contributed by atoms with Gasteiger partial charge in [-0.1, -0.05) is 12.1 Å². The van der Waals surface area contributed by atoms with Crippen molar-refractivity contribution in [3.8, 4) is 11.4 Å². The largest absolute Gasteiger partial charge is 0.384 e. The second kappa shape index (κ2) is 3.57. The monoisotopic (exact) mass is 236 g/mol. The average Bonchev–Trinajstić information content (AvgIpc) is 3.04. The Morgan fingerprint density at radius 3 is 3.11 bits per heavy atom. The van der Waals surface area contributed by atoms with Crippen LogP contribution in [0.25, 0.3) is 22.4 Å². The average molecular weight is 236 g/mol. The van der Waals surface area contributed by atoms with Gasteiger partial charge >= 0.3 is 0 Å². The number of pyridine rings is 1. The van der Waals surface area contributed by atoms with Gasteiger partial charge in [0.15, 0.2) is 0 Å². The maximum absolute atomic E-state index is 4.59. The van der Waals surface area contributed by atoms with Crippen molar-refractivity contribution in [1.82, 2.24) is 15.0 Å². The first-order valence-corrected chi connectivity index (χ1v) is 6.07. The highest BCUT2D eigenvalue weighted by atomic mass is 14.9. The van der Waals surface area contributed by atoms with Gasteiger partial charge < -0.3 is 10.3 Å². The fourth-order valence-corrected chi connectivity index (χ4v) is 2.43. The standard InChI is InChI=1S/C14H12N4/c1-2-10(7-12-9(1)3-6-16-12)14-17-11-4-5-15-8-13(11)18-14/h1-2,4-5,7-8,16H,3,6H2,(H,17,18). The van der Waals surface area contributed by atoms with E-state index in [1.807, 2.05) is 6.07 Å². The van der Waals surface area contributed by atoms with Crippen LogP contribution < -0.4 is 5.32 Å². The Morgan fingerprint density at radius 1 is 1.17 bits per heavy atom. The lowest BCUT2D eigenvalue weighted by Crippen LogP contribution is -1.91. The van der Waals surface area contributed by atoms with Crippen LogP contribution in [0.1, 0.15) is 5.56 Å². The molecule has 0 unspecified atom stereocenters. The van der Waals surface area contributed by atoms with Crippen LogP contribution in [0.15, 0.2) is 36.7 Å². The van der Waals surface area contributed by atoms with Crippen LogP contribution in [-0.2, 0) is 6.42 Å². The molecular weight excluding hydrogens is 224 g/mol. The Bertz CT molecular complexity index is 696. The van der Waals surface area contributed by atoms with E-state index in [9.17, 15) is 0 Å². The highest BCUT2D eigenvalue weighted by Crippen LogP contribution is 2.28. The molecule has 1 aliphatic heterocycles. The molecule has 4 rings (SSSR count). The SMILES string of the molecule is c1cc2nc(-c3ccc4c(c3)NCC4)[nH]c2cn1. The molecule has 0 amide bonds. The fraction of sp³-hybridized carbons (Fsp3) is 0.143. The predicted octanol–water partition coefficient (Wildman–Crippen LogP) is 2.59. The molecule has 3 heterocycles. The molecule has 2 aromatic heterocycles. The summed E-state index contributed by atoms with van der Waals surface area (Å²) in [5.41, 5.74) is 5.65. The summed E-state index contributed by atoms with van der Waals surface area (Å²) in [6, 6.07) is 8.38. The van der Waals surface area contributed by atoms with Crippen LogP contribution in [0.5, 0.6) is 0 Å². The zero-order chi connectivity index (χ0) is 11.9. The first kappa shape index (κ1) is 9.65. The minimum absolute atomic E-state index is 0.898. The highest BCUT2D eigenvalue weighted by Gasteiger charge is 2.12. The molecule has 4 nitrogen and oxygen atoms in total. The van der Waals surface area contributed by atoms with Crippen molar-refractivity contribution >= 4 is 16.7 Å². The van der Waals surface area contributed by atoms with Crippen LogP contribution in [0.4, 0.5) is 5.69 Å². The molecule has 88 valence electrons. The van der Waals surface area contributed by atoms with Gasteiger partial charge in [-0.2, -0.15) is 0 Å². The van der Waals surface area contributed by atoms with Gasteiger partial charge in [0.05, 0.1) is 17.2 Å². The Balaban J connectivity index is 1.86. The van der Waals surface area contributed by atoms with E-state index in [-0.39, 0.29) is 0 Å². The molecule has 18 heavy (non-hydrogen) atoms. The van der Waals surface area contributed by atoms with Gasteiger partial charge in [-0.25, -0.2) is 4.98 Å². The van der Waals surface area contributed by atoms with Gasteiger partial charge in [-0.3, -0.25) is 4.98 Å². The summed E-state index contributed by atoms with van der Waals surface area (Å²) in [4.78, 5) is 12.0. The topological polar surface area (TPSA) is 53.6 Å². The summed E-state index contributed by atoms with van der Waals surface area (Å²) in [6.45, 7) is 1.03. The number of nitrogens with one attached hydrogen (secondary N) is 2. The Labute approximate surface area is 104 Å². The highest BCUT2D eigenvalue weighted by molar-refractivity contribution is 5.79. The van der Waals surface area contributed by atoms with Crippen molar-refractivity contribution in [1.29, 1.82) is 0 Å². The van der Waals surface area contributed by atoms with Crippen LogP contribution in [0.3, 0.4) is 0 Å². The molecule has 0 saturated heterocycles. The van der Waals surface area contributed by atoms with Crippen LogP contribution in [-0.4, -0.2) is 21.5 Å². The molecule has 0 saturated carbocycles. The molecule has 0 aliphatic carbocycles. The number of rotatable bonds is 1. The van der Waals surface area contributed by atoms with E-state index in [1.54, 1.807) is 12.4 Å². The summed E-state index contributed by atoms with van der Waals surface area (Å²) in [5.74, 6) is 0.898. The van der Waals surface area contributed by atoms with Crippen molar-refractivity contribution in [3.63, 3.8) is 0 Å². The smallest absolute Gasteiger partial charge is 0.138 e. The number of H-pyrrole nitrogens is 1. The normalized spacial score (nSPS) is 13.6. The lowest BCUT2D eigenvalue weighted by molar-refractivity contribution is 1.11. The summed E-state index contributed by atoms with van der Waals surface area (Å²) in [6.07, 6.45) is 4.67. The molecule has 0 fully saturated rings. The van der Waals surface area contributed by atoms with Gasteiger partial charge in [0.2, 0.25) is 0 Å². The number of nitrogens with zero attached hydrogens (tertiary/aromatic N) is 2. The Kier molecular flexibility index (Phi) is 1.91. The summed E-state index contributed by atoms with van der Waals surface area (Å²) < 4.78 is 0. The number of benzene rings is 1. The molecule has 2 N–H and O–H groups in total. The Morgan fingerprint density at radius 2 is 2.17 bits per heavy atom. The van der Waals surface area contributed by atoms with Crippen molar-refractivity contribution in [3.05, 3.63) is 42.2 Å². The van der Waals surface area contributed by atoms with E-state index in [0.29, 0.717) is 0 Å². The molecule has 3 aromatic rings. The van der Waals surface area contributed by atoms with Gasteiger partial charge in [0.1, 0.15) is 5.82 Å². The van der Waals surface area contributed by atoms with Crippen LogP contribution in [0, 0.1) is 0 Å². The van der Waals surface area contributed by atoms with Crippen LogP contribution >= 0.6 is 0 Å². The summed E-state index contributed by atoms with van der Waals surface area (Å²) in [5, 5.41) is 3.39. The van der Waals surface area contributed by atoms with E-state index >= 15 is 0 Å². The van der Waals surface area contributed by atoms with Gasteiger partial charge in [0.25, 0.3) is 0 Å². The minimum Gasteiger partial charge on any atom is -0.384 e. The van der Waals surface area contributed by atoms with E-state index in [1.165, 1.54) is 11.3 Å². The first-order chi connectivity index (χ1) is 8.90. The van der Waals surface area contributed by atoms with Crippen molar-refractivity contribution in [2.75, 3.05) is 11.9 Å². The van der Waals surface area contributed by atoms with E-state index in [4.69, 9.17) is 0 Å². The van der Waals surface area contributed by atoms with Gasteiger partial charge in [-0.05, 0) is 24.1 Å². The maximum atomic E-state index is 4.59. The number of imidazole rings is 1. The zero-order valence-corrected chi connectivity index (χ0v) is 9.77. The van der Waals surface area contributed by atoms with Crippen molar-refractivity contribution in [2.24, 2.45) is 0 Å². The number of hydrogen-bond acceptors (Lipinski definition) is 3. The van der Waals surface area contributed by atoms with Crippen molar-refractivity contribution in [2.45, 2.75) is 6.42 Å². The number of aromatic amines is 1. The molecular formula is C14H12N4. The van der Waals surface area contributed by atoms with Gasteiger partial charge in [-0.15, -0.1) is 0 Å². The lowest BCUT2D eigenvalue weighted by atomic mass is 10.1. The molecule has 4 heteroatoms. The predicted molar refractivity (Wildman–Crippen MR) is 71.5 cm³/mol. The molecule has 1 aliphatic rings. The third kappa shape index (κ3) is 1.39. The van der Waals surface area contributed by atoms with E-state index in [0.717, 1.165) is 35.4 Å². The second-order valence-electron chi connectivity index (χ2n) is 4.53. The minimum atomic E-state index is 0.898. The van der Waals surface area contributed by atoms with Gasteiger partial charge in [0, 0.05) is 24.0 Å². The Hall–Kier alpha value is -2.36. The molecule has 1 aromatic carbocycles. The molecule has 0 radical (unpaired) electrons. The summed E-state index contributed by atoms with van der Waals surface area (Å²) >= 11 is 0. The molecule has 0 bridgehead atoms. The summed E-state index contributed by atoms with van der Waals surface area (Å²) in [7, 11) is 0. The molecule has 0 atom stereocenters. The van der Waals surface area contributed by atoms with Crippen LogP contribution in [0.2, 0.25) is 0 Å².